The van der Waals surface area contributed by atoms with Crippen LogP contribution in [0, 0.1) is 0 Å². The van der Waals surface area contributed by atoms with Crippen molar-refractivity contribution in [2.75, 3.05) is 11.9 Å². The lowest BCUT2D eigenvalue weighted by molar-refractivity contribution is -0.0328. The van der Waals surface area contributed by atoms with Gasteiger partial charge < -0.3 is 4.74 Å². The van der Waals surface area contributed by atoms with Gasteiger partial charge in [0.05, 0.1) is 6.61 Å². The van der Waals surface area contributed by atoms with Crippen molar-refractivity contribution in [2.24, 2.45) is 0 Å². The predicted molar refractivity (Wildman–Crippen MR) is 71.6 cm³/mol. The van der Waals surface area contributed by atoms with Crippen LogP contribution < -0.4 is 4.74 Å². The number of ether oxygens (including phenoxy) is 1. The molecule has 0 spiro atoms. The summed E-state index contributed by atoms with van der Waals surface area (Å²) in [6, 6.07) is 4.62. The highest BCUT2D eigenvalue weighted by Crippen LogP contribution is 2.38. The lowest BCUT2D eigenvalue weighted by atomic mass is 10.1. The third kappa shape index (κ3) is 5.52. The van der Waals surface area contributed by atoms with Gasteiger partial charge in [-0.1, -0.05) is 15.9 Å². The Kier molecular flexibility index (Phi) is 6.35. The van der Waals surface area contributed by atoms with Crippen LogP contribution in [-0.4, -0.2) is 17.4 Å². The molecule has 1 nitrogen and oxygen atoms in total. The minimum absolute atomic E-state index is 0.0921. The number of thioether (sulfide) groups is 1. The van der Waals surface area contributed by atoms with Crippen molar-refractivity contribution in [1.82, 2.24) is 0 Å². The first-order chi connectivity index (χ1) is 8.46. The monoisotopic (exact) mass is 342 g/mol. The van der Waals surface area contributed by atoms with Gasteiger partial charge in [0.25, 0.3) is 0 Å². The van der Waals surface area contributed by atoms with E-state index in [1.165, 1.54) is 6.07 Å². The molecule has 0 aromatic heterocycles. The summed E-state index contributed by atoms with van der Waals surface area (Å²) in [7, 11) is 0. The Bertz CT molecular complexity index is 382. The van der Waals surface area contributed by atoms with E-state index in [-0.39, 0.29) is 16.7 Å². The molecule has 0 bridgehead atoms. The van der Waals surface area contributed by atoms with Crippen molar-refractivity contribution in [3.63, 3.8) is 0 Å². The number of alkyl halides is 4. The molecule has 0 fully saturated rings. The van der Waals surface area contributed by atoms with Crippen LogP contribution in [0.1, 0.15) is 18.9 Å². The first-order valence-electron chi connectivity index (χ1n) is 5.53. The van der Waals surface area contributed by atoms with Crippen LogP contribution in [0.5, 0.6) is 5.75 Å². The van der Waals surface area contributed by atoms with Gasteiger partial charge in [0.1, 0.15) is 5.75 Å². The van der Waals surface area contributed by atoms with E-state index in [1.54, 1.807) is 12.1 Å². The molecule has 0 heterocycles. The molecule has 1 aromatic rings. The number of halogens is 4. The normalized spacial score (nSPS) is 11.6. The quantitative estimate of drug-likeness (QED) is 0.530. The molecule has 0 saturated carbocycles. The van der Waals surface area contributed by atoms with Gasteiger partial charge in [-0.15, -0.1) is 0 Å². The van der Waals surface area contributed by atoms with Gasteiger partial charge >= 0.3 is 5.51 Å². The number of benzene rings is 1. The Morgan fingerprint density at radius 3 is 2.61 bits per heavy atom. The van der Waals surface area contributed by atoms with Gasteiger partial charge in [0.15, 0.2) is 0 Å². The van der Waals surface area contributed by atoms with E-state index in [0.29, 0.717) is 18.8 Å². The molecule has 1 rings (SSSR count). The summed E-state index contributed by atoms with van der Waals surface area (Å²) >= 11 is 3.22. The fourth-order valence-corrected chi connectivity index (χ4v) is 2.39. The Balaban J connectivity index is 2.89. The Hall–Kier alpha value is -0.360. The molecule has 0 aliphatic heterocycles. The van der Waals surface area contributed by atoms with Crippen LogP contribution in [0.3, 0.4) is 0 Å². The number of aryl methyl sites for hydroxylation is 1. The molecule has 1 aromatic carbocycles. The van der Waals surface area contributed by atoms with Crippen LogP contribution in [0.2, 0.25) is 0 Å². The highest BCUT2D eigenvalue weighted by molar-refractivity contribution is 9.09. The maximum absolute atomic E-state index is 12.3. The lowest BCUT2D eigenvalue weighted by Gasteiger charge is -2.12. The second kappa shape index (κ2) is 7.28. The van der Waals surface area contributed by atoms with E-state index in [2.05, 4.69) is 15.9 Å². The lowest BCUT2D eigenvalue weighted by Crippen LogP contribution is -2.01. The van der Waals surface area contributed by atoms with Crippen molar-refractivity contribution < 1.29 is 17.9 Å². The minimum Gasteiger partial charge on any atom is -0.494 e. The minimum atomic E-state index is -4.25. The molecule has 0 amide bonds. The van der Waals surface area contributed by atoms with Gasteiger partial charge in [0, 0.05) is 10.2 Å². The van der Waals surface area contributed by atoms with E-state index in [4.69, 9.17) is 4.74 Å². The fourth-order valence-electron chi connectivity index (χ4n) is 1.50. The molecule has 0 aliphatic rings. The van der Waals surface area contributed by atoms with Gasteiger partial charge in [-0.3, -0.25) is 0 Å². The summed E-state index contributed by atoms with van der Waals surface area (Å²) in [6.07, 6.45) is 1.56. The number of hydrogen-bond acceptors (Lipinski definition) is 2. The molecule has 6 heteroatoms. The van der Waals surface area contributed by atoms with E-state index < -0.39 is 5.51 Å². The highest BCUT2D eigenvalue weighted by Gasteiger charge is 2.29. The molecule has 0 unspecified atom stereocenters. The third-order valence-electron chi connectivity index (χ3n) is 2.15. The topological polar surface area (TPSA) is 9.23 Å². The predicted octanol–water partition coefficient (Wildman–Crippen LogP) is 5.02. The Morgan fingerprint density at radius 1 is 1.33 bits per heavy atom. The second-order valence-corrected chi connectivity index (χ2v) is 5.47. The number of rotatable bonds is 6. The molecule has 0 aliphatic carbocycles. The Morgan fingerprint density at radius 2 is 2.06 bits per heavy atom. The van der Waals surface area contributed by atoms with Gasteiger partial charge in [-0.05, 0) is 55.3 Å². The van der Waals surface area contributed by atoms with E-state index in [9.17, 15) is 13.2 Å². The summed E-state index contributed by atoms with van der Waals surface area (Å²) in [6.45, 7) is 2.36. The van der Waals surface area contributed by atoms with Crippen LogP contribution in [0.15, 0.2) is 23.1 Å². The van der Waals surface area contributed by atoms with E-state index >= 15 is 0 Å². The average molecular weight is 343 g/mol. The van der Waals surface area contributed by atoms with E-state index in [0.717, 1.165) is 17.3 Å². The maximum atomic E-state index is 12.3. The fraction of sp³-hybridized carbons (Fsp3) is 0.500. The first-order valence-corrected chi connectivity index (χ1v) is 7.47. The van der Waals surface area contributed by atoms with Crippen molar-refractivity contribution in [3.8, 4) is 5.75 Å². The van der Waals surface area contributed by atoms with Gasteiger partial charge in [-0.25, -0.2) is 0 Å². The third-order valence-corrected chi connectivity index (χ3v) is 3.43. The molecule has 0 radical (unpaired) electrons. The summed E-state index contributed by atoms with van der Waals surface area (Å²) in [5.74, 6) is 0.671. The number of hydrogen-bond donors (Lipinski definition) is 0. The summed E-state index contributed by atoms with van der Waals surface area (Å²) < 4.78 is 42.3. The van der Waals surface area contributed by atoms with E-state index in [1.807, 2.05) is 6.92 Å². The molecule has 0 N–H and O–H groups in total. The van der Waals surface area contributed by atoms with Crippen LogP contribution >= 0.6 is 27.7 Å². The maximum Gasteiger partial charge on any atom is 0.446 e. The van der Waals surface area contributed by atoms with Gasteiger partial charge in [-0.2, -0.15) is 13.2 Å². The largest absolute Gasteiger partial charge is 0.494 e. The molecular weight excluding hydrogens is 329 g/mol. The first kappa shape index (κ1) is 15.7. The second-order valence-electron chi connectivity index (χ2n) is 3.54. The standard InChI is InChI=1S/C12H14BrF3OS/c1-2-17-11-6-5-10(18-12(14,15)16)8-9(11)4-3-7-13/h5-6,8H,2-4,7H2,1H3. The molecule has 0 atom stereocenters. The van der Waals surface area contributed by atoms with Crippen molar-refractivity contribution in [3.05, 3.63) is 23.8 Å². The average Bonchev–Trinajstić information content (AvgIpc) is 2.27. The van der Waals surface area contributed by atoms with Gasteiger partial charge in [0.2, 0.25) is 0 Å². The SMILES string of the molecule is CCOc1ccc(SC(F)(F)F)cc1CCCBr. The van der Waals surface area contributed by atoms with Crippen LogP contribution in [0.4, 0.5) is 13.2 Å². The highest BCUT2D eigenvalue weighted by atomic mass is 79.9. The van der Waals surface area contributed by atoms with Crippen molar-refractivity contribution >= 4 is 27.7 Å². The van der Waals surface area contributed by atoms with Crippen LogP contribution in [0.25, 0.3) is 0 Å². The zero-order valence-electron chi connectivity index (χ0n) is 9.89. The molecule has 18 heavy (non-hydrogen) atoms. The van der Waals surface area contributed by atoms with Crippen molar-refractivity contribution in [1.29, 1.82) is 0 Å². The molecular formula is C12H14BrF3OS. The smallest absolute Gasteiger partial charge is 0.446 e. The molecule has 102 valence electrons. The zero-order valence-corrected chi connectivity index (χ0v) is 12.3. The summed E-state index contributed by atoms with van der Waals surface area (Å²) in [5, 5.41) is 0.815. The summed E-state index contributed by atoms with van der Waals surface area (Å²) in [4.78, 5) is 0.204. The van der Waals surface area contributed by atoms with Crippen LogP contribution in [-0.2, 0) is 6.42 Å². The zero-order chi connectivity index (χ0) is 13.6. The Labute approximate surface area is 117 Å². The summed E-state index contributed by atoms with van der Waals surface area (Å²) in [5.41, 5.74) is -3.43. The van der Waals surface area contributed by atoms with Crippen molar-refractivity contribution in [2.45, 2.75) is 30.2 Å². The molecule has 0 saturated heterocycles.